The molecule has 0 radical (unpaired) electrons. The van der Waals surface area contributed by atoms with Crippen molar-refractivity contribution in [3.63, 3.8) is 0 Å². The number of esters is 1. The average Bonchev–Trinajstić information content (AvgIpc) is 3.09. The van der Waals surface area contributed by atoms with Crippen LogP contribution in [0, 0.1) is 0 Å². The molecular weight excluding hydrogens is 342 g/mol. The molecule has 2 aromatic carbocycles. The van der Waals surface area contributed by atoms with Crippen LogP contribution >= 0.6 is 0 Å². The van der Waals surface area contributed by atoms with Gasteiger partial charge >= 0.3 is 5.97 Å². The van der Waals surface area contributed by atoms with Crippen LogP contribution in [0.3, 0.4) is 0 Å². The maximum Gasteiger partial charge on any atom is 0.336 e. The number of anilines is 1. The van der Waals surface area contributed by atoms with Crippen LogP contribution in [0.4, 0.5) is 5.69 Å². The Hall–Kier alpha value is -3.08. The van der Waals surface area contributed by atoms with Gasteiger partial charge in [-0.15, -0.1) is 0 Å². The summed E-state index contributed by atoms with van der Waals surface area (Å²) in [4.78, 5) is 27.2. The van der Waals surface area contributed by atoms with E-state index in [0.29, 0.717) is 17.0 Å². The van der Waals surface area contributed by atoms with Crippen molar-refractivity contribution in [1.29, 1.82) is 0 Å². The van der Waals surface area contributed by atoms with E-state index in [0.717, 1.165) is 17.7 Å². The second-order valence-electron chi connectivity index (χ2n) is 6.68. The molecule has 1 unspecified atom stereocenters. The zero-order valence-electron chi connectivity index (χ0n) is 15.4. The van der Waals surface area contributed by atoms with Crippen LogP contribution in [-0.2, 0) is 20.7 Å². The number of carbonyl (C=O) groups excluding carboxylic acids is 2. The molecule has 2 aliphatic rings. The molecule has 2 aromatic rings. The van der Waals surface area contributed by atoms with Gasteiger partial charge in [-0.2, -0.15) is 0 Å². The first kappa shape index (κ1) is 17.3. The summed E-state index contributed by atoms with van der Waals surface area (Å²) in [7, 11) is 1.59. The normalized spacial score (nSPS) is 19.2. The lowest BCUT2D eigenvalue weighted by atomic mass is 9.83. The van der Waals surface area contributed by atoms with E-state index in [2.05, 4.69) is 6.92 Å². The number of carbonyl (C=O) groups is 2. The molecule has 0 bridgehead atoms. The van der Waals surface area contributed by atoms with Crippen molar-refractivity contribution in [2.24, 2.45) is 0 Å². The smallest absolute Gasteiger partial charge is 0.336 e. The maximum atomic E-state index is 13.1. The Morgan fingerprint density at radius 3 is 2.56 bits per heavy atom. The molecule has 0 aromatic heterocycles. The van der Waals surface area contributed by atoms with Gasteiger partial charge in [-0.1, -0.05) is 37.3 Å². The number of amides is 1. The third kappa shape index (κ3) is 2.89. The van der Waals surface area contributed by atoms with E-state index < -0.39 is 0 Å². The highest BCUT2D eigenvalue weighted by Gasteiger charge is 2.43. The van der Waals surface area contributed by atoms with Crippen molar-refractivity contribution in [3.05, 3.63) is 70.9 Å². The molecule has 138 valence electrons. The summed E-state index contributed by atoms with van der Waals surface area (Å²) in [5, 5.41) is 0. The number of aryl methyl sites for hydroxylation is 1. The standard InChI is InChI=1S/C22H21NO4/c1-3-14-8-10-15(11-9-14)23-18-13-27-22(25)21(18)17(12-20(23)24)16-6-4-5-7-19(16)26-2/h4-11,17H,3,12-13H2,1-2H3. The minimum absolute atomic E-state index is 0.0489. The first-order valence-corrected chi connectivity index (χ1v) is 9.09. The largest absolute Gasteiger partial charge is 0.496 e. The number of hydrogen-bond donors (Lipinski definition) is 0. The lowest BCUT2D eigenvalue weighted by Gasteiger charge is -2.32. The summed E-state index contributed by atoms with van der Waals surface area (Å²) in [5.74, 6) is -0.0943. The molecule has 5 nitrogen and oxygen atoms in total. The monoisotopic (exact) mass is 363 g/mol. The first-order valence-electron chi connectivity index (χ1n) is 9.09. The van der Waals surface area contributed by atoms with Crippen molar-refractivity contribution < 1.29 is 19.1 Å². The van der Waals surface area contributed by atoms with E-state index in [1.807, 2.05) is 48.5 Å². The van der Waals surface area contributed by atoms with Crippen molar-refractivity contribution >= 4 is 17.6 Å². The molecule has 1 amide bonds. The topological polar surface area (TPSA) is 55.8 Å². The van der Waals surface area contributed by atoms with E-state index >= 15 is 0 Å². The Kier molecular flexibility index (Phi) is 4.44. The summed E-state index contributed by atoms with van der Waals surface area (Å²) >= 11 is 0. The summed E-state index contributed by atoms with van der Waals surface area (Å²) in [6.07, 6.45) is 1.13. The van der Waals surface area contributed by atoms with Gasteiger partial charge in [-0.05, 0) is 30.2 Å². The predicted octanol–water partition coefficient (Wildman–Crippen LogP) is 3.59. The number of cyclic esters (lactones) is 1. The first-order chi connectivity index (χ1) is 13.1. The zero-order valence-corrected chi connectivity index (χ0v) is 15.4. The van der Waals surface area contributed by atoms with Gasteiger partial charge in [0.05, 0.1) is 18.4 Å². The third-order valence-corrected chi connectivity index (χ3v) is 5.23. The molecule has 0 saturated heterocycles. The second kappa shape index (κ2) is 6.91. The van der Waals surface area contributed by atoms with Crippen molar-refractivity contribution in [2.45, 2.75) is 25.7 Å². The number of ether oxygens (including phenoxy) is 2. The van der Waals surface area contributed by atoms with E-state index in [9.17, 15) is 9.59 Å². The summed E-state index contributed by atoms with van der Waals surface area (Å²) in [6, 6.07) is 15.4. The van der Waals surface area contributed by atoms with Crippen molar-refractivity contribution in [3.8, 4) is 5.75 Å². The van der Waals surface area contributed by atoms with Gasteiger partial charge in [0.25, 0.3) is 0 Å². The number of para-hydroxylation sites is 1. The average molecular weight is 363 g/mol. The van der Waals surface area contributed by atoms with Crippen LogP contribution in [0.5, 0.6) is 5.75 Å². The lowest BCUT2D eigenvalue weighted by molar-refractivity contribution is -0.136. The Balaban J connectivity index is 1.81. The van der Waals surface area contributed by atoms with Gasteiger partial charge in [0.15, 0.2) is 0 Å². The molecule has 0 saturated carbocycles. The van der Waals surface area contributed by atoms with E-state index in [1.165, 1.54) is 5.56 Å². The molecule has 0 N–H and O–H groups in total. The fourth-order valence-corrected chi connectivity index (χ4v) is 3.85. The number of hydrogen-bond acceptors (Lipinski definition) is 4. The summed E-state index contributed by atoms with van der Waals surface area (Å²) in [5.41, 5.74) is 3.99. The van der Waals surface area contributed by atoms with Crippen LogP contribution in [0.25, 0.3) is 0 Å². The fraction of sp³-hybridized carbons (Fsp3) is 0.273. The maximum absolute atomic E-state index is 13.1. The number of benzene rings is 2. The van der Waals surface area contributed by atoms with Crippen LogP contribution in [-0.4, -0.2) is 25.6 Å². The number of rotatable bonds is 4. The number of methoxy groups -OCH3 is 1. The molecule has 2 heterocycles. The molecule has 4 rings (SSSR count). The van der Waals surface area contributed by atoms with Gasteiger partial charge in [-0.3, -0.25) is 9.69 Å². The minimum atomic E-state index is -0.358. The van der Waals surface area contributed by atoms with Gasteiger partial charge in [-0.25, -0.2) is 4.79 Å². The Morgan fingerprint density at radius 1 is 1.11 bits per heavy atom. The van der Waals surface area contributed by atoms with Gasteiger partial charge in [0.1, 0.15) is 12.4 Å². The SMILES string of the molecule is CCc1ccc(N2C(=O)CC(c3ccccc3OC)C3=C2COC3=O)cc1. The highest BCUT2D eigenvalue weighted by atomic mass is 16.5. The van der Waals surface area contributed by atoms with E-state index in [4.69, 9.17) is 9.47 Å². The highest BCUT2D eigenvalue weighted by Crippen LogP contribution is 2.44. The lowest BCUT2D eigenvalue weighted by Crippen LogP contribution is -2.37. The molecular formula is C22H21NO4. The molecule has 1 atom stereocenters. The Morgan fingerprint density at radius 2 is 1.85 bits per heavy atom. The minimum Gasteiger partial charge on any atom is -0.496 e. The quantitative estimate of drug-likeness (QED) is 0.779. The van der Waals surface area contributed by atoms with E-state index in [1.54, 1.807) is 12.0 Å². The van der Waals surface area contributed by atoms with Crippen LogP contribution in [0.2, 0.25) is 0 Å². The fourth-order valence-electron chi connectivity index (χ4n) is 3.85. The van der Waals surface area contributed by atoms with Crippen LogP contribution in [0.1, 0.15) is 30.4 Å². The molecule has 0 aliphatic carbocycles. The van der Waals surface area contributed by atoms with Crippen molar-refractivity contribution in [2.75, 3.05) is 18.6 Å². The molecule has 27 heavy (non-hydrogen) atoms. The zero-order chi connectivity index (χ0) is 19.0. The molecule has 5 heteroatoms. The number of nitrogens with zero attached hydrogens (tertiary/aromatic N) is 1. The van der Waals surface area contributed by atoms with Gasteiger partial charge in [0.2, 0.25) is 5.91 Å². The van der Waals surface area contributed by atoms with E-state index in [-0.39, 0.29) is 30.8 Å². The van der Waals surface area contributed by atoms with Gasteiger partial charge in [0, 0.05) is 23.6 Å². The van der Waals surface area contributed by atoms with Crippen molar-refractivity contribution in [1.82, 2.24) is 0 Å². The highest BCUT2D eigenvalue weighted by molar-refractivity contribution is 6.06. The van der Waals surface area contributed by atoms with Crippen LogP contribution < -0.4 is 9.64 Å². The second-order valence-corrected chi connectivity index (χ2v) is 6.68. The molecule has 2 aliphatic heterocycles. The van der Waals surface area contributed by atoms with Crippen LogP contribution in [0.15, 0.2) is 59.8 Å². The Bertz CT molecular complexity index is 930. The van der Waals surface area contributed by atoms with Gasteiger partial charge < -0.3 is 9.47 Å². The third-order valence-electron chi connectivity index (χ3n) is 5.23. The summed E-state index contributed by atoms with van der Waals surface area (Å²) in [6.45, 7) is 2.20. The molecule has 0 spiro atoms. The predicted molar refractivity (Wildman–Crippen MR) is 102 cm³/mol. The Labute approximate surface area is 158 Å². The summed E-state index contributed by atoms with van der Waals surface area (Å²) < 4.78 is 10.8. The molecule has 0 fully saturated rings.